The molecule has 1 saturated heterocycles. The lowest BCUT2D eigenvalue weighted by atomic mass is 10.0. The highest BCUT2D eigenvalue weighted by atomic mass is 32.2. The van der Waals surface area contributed by atoms with Gasteiger partial charge in [-0.05, 0) is 38.5 Å². The molecule has 1 heterocycles. The van der Waals surface area contributed by atoms with Gasteiger partial charge in [0.05, 0.1) is 5.25 Å². The summed E-state index contributed by atoms with van der Waals surface area (Å²) in [5, 5.41) is 3.01. The summed E-state index contributed by atoms with van der Waals surface area (Å²) >= 11 is 0. The van der Waals surface area contributed by atoms with E-state index >= 15 is 0 Å². The number of sulfonamides is 1. The third-order valence-corrected chi connectivity index (χ3v) is 5.99. The van der Waals surface area contributed by atoms with Crippen molar-refractivity contribution in [3.8, 4) is 0 Å². The molecular formula is C12H24N2O2S. The van der Waals surface area contributed by atoms with Crippen molar-refractivity contribution in [3.63, 3.8) is 0 Å². The van der Waals surface area contributed by atoms with Crippen LogP contribution in [0.15, 0.2) is 0 Å². The zero-order chi connectivity index (χ0) is 12.5. The molecule has 0 aromatic rings. The summed E-state index contributed by atoms with van der Waals surface area (Å²) < 4.78 is 26.4. The van der Waals surface area contributed by atoms with Crippen LogP contribution in [0.4, 0.5) is 0 Å². The van der Waals surface area contributed by atoms with Crippen molar-refractivity contribution in [1.29, 1.82) is 0 Å². The van der Waals surface area contributed by atoms with Gasteiger partial charge in [-0.1, -0.05) is 6.92 Å². The Morgan fingerprint density at radius 3 is 2.65 bits per heavy atom. The zero-order valence-corrected chi connectivity index (χ0v) is 11.7. The second kappa shape index (κ2) is 5.24. The number of nitrogens with one attached hydrogen (secondary N) is 1. The summed E-state index contributed by atoms with van der Waals surface area (Å²) in [6.45, 7) is 5.97. The van der Waals surface area contributed by atoms with Gasteiger partial charge < -0.3 is 5.32 Å². The second-order valence-corrected chi connectivity index (χ2v) is 7.99. The first-order valence-corrected chi connectivity index (χ1v) is 8.23. The number of piperidine rings is 1. The summed E-state index contributed by atoms with van der Waals surface area (Å²) in [5.74, 6) is 0.502. The van der Waals surface area contributed by atoms with Crippen LogP contribution in [0.2, 0.25) is 0 Å². The molecule has 2 unspecified atom stereocenters. The molecule has 0 aromatic heterocycles. The van der Waals surface area contributed by atoms with Gasteiger partial charge in [-0.25, -0.2) is 12.7 Å². The molecule has 2 aliphatic rings. The van der Waals surface area contributed by atoms with E-state index in [9.17, 15) is 8.42 Å². The average Bonchev–Trinajstić information content (AvgIpc) is 3.09. The van der Waals surface area contributed by atoms with Gasteiger partial charge in [0.15, 0.2) is 0 Å². The molecule has 4 nitrogen and oxygen atoms in total. The van der Waals surface area contributed by atoms with E-state index in [-0.39, 0.29) is 5.25 Å². The molecule has 1 saturated carbocycles. The predicted molar refractivity (Wildman–Crippen MR) is 69.4 cm³/mol. The Morgan fingerprint density at radius 1 is 1.35 bits per heavy atom. The van der Waals surface area contributed by atoms with Crippen molar-refractivity contribution in [2.45, 2.75) is 50.8 Å². The summed E-state index contributed by atoms with van der Waals surface area (Å²) in [4.78, 5) is 0. The third-order valence-electron chi connectivity index (χ3n) is 3.76. The van der Waals surface area contributed by atoms with Crippen molar-refractivity contribution in [1.82, 2.24) is 9.62 Å². The lowest BCUT2D eigenvalue weighted by Crippen LogP contribution is -2.46. The van der Waals surface area contributed by atoms with Crippen molar-refractivity contribution >= 4 is 10.0 Å². The van der Waals surface area contributed by atoms with Gasteiger partial charge in [0, 0.05) is 25.7 Å². The number of hydrogen-bond donors (Lipinski definition) is 1. The molecule has 0 bridgehead atoms. The fraction of sp³-hybridized carbons (Fsp3) is 1.00. The first kappa shape index (κ1) is 13.3. The predicted octanol–water partition coefficient (Wildman–Crippen LogP) is 1.19. The van der Waals surface area contributed by atoms with Crippen LogP contribution in [-0.2, 0) is 10.0 Å². The fourth-order valence-electron chi connectivity index (χ4n) is 2.36. The van der Waals surface area contributed by atoms with Crippen LogP contribution in [0.1, 0.15) is 39.5 Å². The summed E-state index contributed by atoms with van der Waals surface area (Å²) in [6.07, 6.45) is 4.56. The summed E-state index contributed by atoms with van der Waals surface area (Å²) in [6, 6.07) is 0.577. The molecule has 0 amide bonds. The van der Waals surface area contributed by atoms with Crippen molar-refractivity contribution in [2.75, 3.05) is 19.6 Å². The highest BCUT2D eigenvalue weighted by molar-refractivity contribution is 7.89. The molecule has 0 aromatic carbocycles. The Hall–Kier alpha value is -0.130. The van der Waals surface area contributed by atoms with Crippen molar-refractivity contribution in [3.05, 3.63) is 0 Å². The highest BCUT2D eigenvalue weighted by Crippen LogP contribution is 2.22. The second-order valence-electron chi connectivity index (χ2n) is 5.64. The van der Waals surface area contributed by atoms with E-state index in [1.165, 1.54) is 12.8 Å². The molecule has 1 N–H and O–H groups in total. The van der Waals surface area contributed by atoms with Crippen LogP contribution in [0.5, 0.6) is 0 Å². The van der Waals surface area contributed by atoms with Gasteiger partial charge >= 0.3 is 0 Å². The van der Waals surface area contributed by atoms with E-state index < -0.39 is 10.0 Å². The van der Waals surface area contributed by atoms with Gasteiger partial charge in [-0.2, -0.15) is 0 Å². The largest absolute Gasteiger partial charge is 0.313 e. The maximum absolute atomic E-state index is 12.3. The van der Waals surface area contributed by atoms with Crippen LogP contribution in [-0.4, -0.2) is 43.6 Å². The molecule has 17 heavy (non-hydrogen) atoms. The monoisotopic (exact) mass is 260 g/mol. The molecule has 2 rings (SSSR count). The number of nitrogens with zero attached hydrogens (tertiary/aromatic N) is 1. The van der Waals surface area contributed by atoms with E-state index in [1.54, 1.807) is 4.31 Å². The Balaban J connectivity index is 1.90. The average molecular weight is 260 g/mol. The number of hydrogen-bond acceptors (Lipinski definition) is 3. The SMILES string of the molecule is CC1CCCN(S(=O)(=O)C(C)CNC2CC2)C1. The quantitative estimate of drug-likeness (QED) is 0.808. The lowest BCUT2D eigenvalue weighted by Gasteiger charge is -2.32. The van der Waals surface area contributed by atoms with Gasteiger partial charge in [-0.3, -0.25) is 0 Å². The molecular weight excluding hydrogens is 236 g/mol. The van der Waals surface area contributed by atoms with Crippen LogP contribution in [0, 0.1) is 5.92 Å². The topological polar surface area (TPSA) is 49.4 Å². The molecule has 5 heteroatoms. The summed E-state index contributed by atoms with van der Waals surface area (Å²) in [7, 11) is -3.09. The maximum Gasteiger partial charge on any atom is 0.217 e. The molecule has 100 valence electrons. The minimum Gasteiger partial charge on any atom is -0.313 e. The Labute approximate surface area is 105 Å². The zero-order valence-electron chi connectivity index (χ0n) is 10.9. The number of rotatable bonds is 5. The minimum absolute atomic E-state index is 0.298. The van der Waals surface area contributed by atoms with E-state index in [0.29, 0.717) is 31.6 Å². The molecule has 0 spiro atoms. The Morgan fingerprint density at radius 2 is 2.06 bits per heavy atom. The lowest BCUT2D eigenvalue weighted by molar-refractivity contribution is 0.278. The Kier molecular flexibility index (Phi) is 4.10. The fourth-order valence-corrected chi connectivity index (χ4v) is 4.02. The molecule has 2 atom stereocenters. The van der Waals surface area contributed by atoms with E-state index in [2.05, 4.69) is 12.2 Å². The van der Waals surface area contributed by atoms with Crippen molar-refractivity contribution in [2.24, 2.45) is 5.92 Å². The normalized spacial score (nSPS) is 29.2. The molecule has 0 radical (unpaired) electrons. The first-order chi connectivity index (χ1) is 8.00. The third kappa shape index (κ3) is 3.42. The molecule has 1 aliphatic heterocycles. The van der Waals surface area contributed by atoms with Gasteiger partial charge in [0.25, 0.3) is 0 Å². The van der Waals surface area contributed by atoms with Crippen LogP contribution in [0.25, 0.3) is 0 Å². The summed E-state index contributed by atoms with van der Waals surface area (Å²) in [5.41, 5.74) is 0. The Bertz CT molecular complexity index is 352. The van der Waals surface area contributed by atoms with E-state index in [1.807, 2.05) is 6.92 Å². The minimum atomic E-state index is -3.09. The standard InChI is InChI=1S/C12H24N2O2S/c1-10-4-3-7-14(9-10)17(15,16)11(2)8-13-12-5-6-12/h10-13H,3-9H2,1-2H3. The maximum atomic E-state index is 12.3. The smallest absolute Gasteiger partial charge is 0.217 e. The van der Waals surface area contributed by atoms with Crippen LogP contribution < -0.4 is 5.32 Å². The van der Waals surface area contributed by atoms with Crippen LogP contribution >= 0.6 is 0 Å². The highest BCUT2D eigenvalue weighted by Gasteiger charge is 2.32. The van der Waals surface area contributed by atoms with Crippen LogP contribution in [0.3, 0.4) is 0 Å². The van der Waals surface area contributed by atoms with Crippen molar-refractivity contribution < 1.29 is 8.42 Å². The molecule has 2 fully saturated rings. The van der Waals surface area contributed by atoms with E-state index in [0.717, 1.165) is 12.8 Å². The molecule has 1 aliphatic carbocycles. The van der Waals surface area contributed by atoms with Gasteiger partial charge in [-0.15, -0.1) is 0 Å². The van der Waals surface area contributed by atoms with Gasteiger partial charge in [0.1, 0.15) is 0 Å². The van der Waals surface area contributed by atoms with E-state index in [4.69, 9.17) is 0 Å². The first-order valence-electron chi connectivity index (χ1n) is 6.72. The van der Waals surface area contributed by atoms with Gasteiger partial charge in [0.2, 0.25) is 10.0 Å².